The van der Waals surface area contributed by atoms with Gasteiger partial charge in [-0.3, -0.25) is 4.79 Å². The average molecular weight is 510 g/mol. The summed E-state index contributed by atoms with van der Waals surface area (Å²) in [7, 11) is 1.57. The topological polar surface area (TPSA) is 109 Å². The van der Waals surface area contributed by atoms with Crippen molar-refractivity contribution in [3.8, 4) is 5.75 Å². The van der Waals surface area contributed by atoms with E-state index in [-0.39, 0.29) is 62.4 Å². The fourth-order valence-electron chi connectivity index (χ4n) is 5.62. The van der Waals surface area contributed by atoms with Gasteiger partial charge in [-0.15, -0.1) is 0 Å². The number of β-amino-alcohol motifs (C(OH)–C–C–N with tert-alkyl or cyclic N) is 1. The molecule has 0 bridgehead atoms. The van der Waals surface area contributed by atoms with Gasteiger partial charge in [0.05, 0.1) is 51.5 Å². The molecule has 9 nitrogen and oxygen atoms in total. The Labute approximate surface area is 217 Å². The zero-order valence-electron chi connectivity index (χ0n) is 21.1. The number of rotatable bonds is 5. The molecule has 198 valence electrons. The maximum absolute atomic E-state index is 13.3. The van der Waals surface area contributed by atoms with Crippen molar-refractivity contribution in [2.24, 2.45) is 0 Å². The summed E-state index contributed by atoms with van der Waals surface area (Å²) >= 11 is 0. The molecule has 5 rings (SSSR count). The molecule has 2 saturated heterocycles. The molecule has 0 spiro atoms. The van der Waals surface area contributed by atoms with E-state index in [4.69, 9.17) is 14.2 Å². The van der Waals surface area contributed by atoms with Crippen molar-refractivity contribution in [2.45, 2.75) is 62.5 Å². The second kappa shape index (κ2) is 11.5. The maximum atomic E-state index is 13.3. The summed E-state index contributed by atoms with van der Waals surface area (Å²) in [5.41, 5.74) is 3.20. The third-order valence-electron chi connectivity index (χ3n) is 7.39. The molecule has 4 atom stereocenters. The van der Waals surface area contributed by atoms with Crippen LogP contribution >= 0.6 is 0 Å². The van der Waals surface area contributed by atoms with Crippen molar-refractivity contribution in [3.63, 3.8) is 0 Å². The molecule has 0 radical (unpaired) electrons. The number of benzene rings is 2. The predicted molar refractivity (Wildman–Crippen MR) is 138 cm³/mol. The minimum absolute atomic E-state index is 0.0175. The largest absolute Gasteiger partial charge is 0.497 e. The first-order chi connectivity index (χ1) is 18.0. The Bertz CT molecular complexity index is 1090. The quantitative estimate of drug-likeness (QED) is 0.572. The zero-order chi connectivity index (χ0) is 25.8. The second-order valence-corrected chi connectivity index (χ2v) is 10.1. The summed E-state index contributed by atoms with van der Waals surface area (Å²) < 4.78 is 17.2. The average Bonchev–Trinajstić information content (AvgIpc) is 3.28. The molecule has 3 amide bonds. The first kappa shape index (κ1) is 25.5. The maximum Gasteiger partial charge on any atom is 0.322 e. The van der Waals surface area contributed by atoms with Crippen LogP contribution in [0.4, 0.5) is 10.5 Å². The van der Waals surface area contributed by atoms with Crippen molar-refractivity contribution in [1.29, 1.82) is 0 Å². The molecule has 0 unspecified atom stereocenters. The Morgan fingerprint density at radius 1 is 1.08 bits per heavy atom. The molecule has 9 heteroatoms. The van der Waals surface area contributed by atoms with Crippen LogP contribution in [0.25, 0.3) is 0 Å². The van der Waals surface area contributed by atoms with Gasteiger partial charge in [0.2, 0.25) is 5.91 Å². The Hall–Kier alpha value is -3.14. The van der Waals surface area contributed by atoms with E-state index in [1.165, 1.54) is 11.1 Å². The van der Waals surface area contributed by atoms with Gasteiger partial charge in [0.25, 0.3) is 0 Å². The van der Waals surface area contributed by atoms with Gasteiger partial charge < -0.3 is 34.9 Å². The fourth-order valence-corrected chi connectivity index (χ4v) is 5.62. The molecular formula is C28H35N3O6. The standard InChI is InChI=1S/C28H35N3O6/c1-35-23-8-4-7-20(13-23)30-28(34)31-15-22(32)16-36-17-26-25(31)10-9-24(37-26)14-27(33)29-21-11-18-5-2-3-6-19(18)12-21/h2-8,13,21-22,24-26,32H,9-12,14-17H2,1H3,(H,29,33)(H,30,34)/t22-,24+,25-,26+/m1/s1. The highest BCUT2D eigenvalue weighted by Crippen LogP contribution is 2.29. The molecule has 37 heavy (non-hydrogen) atoms. The van der Waals surface area contributed by atoms with Crippen molar-refractivity contribution >= 4 is 17.6 Å². The zero-order valence-corrected chi connectivity index (χ0v) is 21.1. The van der Waals surface area contributed by atoms with Crippen LogP contribution in [0.15, 0.2) is 48.5 Å². The number of hydrogen-bond donors (Lipinski definition) is 3. The van der Waals surface area contributed by atoms with Crippen molar-refractivity contribution in [2.75, 3.05) is 32.2 Å². The number of urea groups is 1. The van der Waals surface area contributed by atoms with Gasteiger partial charge in [0.1, 0.15) is 11.9 Å². The van der Waals surface area contributed by atoms with Crippen LogP contribution in [0.1, 0.15) is 30.4 Å². The molecule has 0 saturated carbocycles. The third-order valence-corrected chi connectivity index (χ3v) is 7.39. The van der Waals surface area contributed by atoms with Crippen LogP contribution < -0.4 is 15.4 Å². The van der Waals surface area contributed by atoms with E-state index in [0.717, 1.165) is 12.8 Å². The van der Waals surface area contributed by atoms with Crippen LogP contribution in [0.2, 0.25) is 0 Å². The Balaban J connectivity index is 1.19. The SMILES string of the molecule is COc1cccc(NC(=O)N2C[C@@H](O)COC[C@@H]3O[C@H](CC(=O)NC4Cc5ccccc5C4)CC[C@H]32)c1. The number of carbonyl (C=O) groups excluding carboxylic acids is 2. The van der Waals surface area contributed by atoms with Crippen LogP contribution in [-0.4, -0.2) is 79.2 Å². The first-order valence-electron chi connectivity index (χ1n) is 13.0. The van der Waals surface area contributed by atoms with Gasteiger partial charge in [-0.1, -0.05) is 30.3 Å². The molecule has 1 aliphatic carbocycles. The van der Waals surface area contributed by atoms with Crippen LogP contribution in [0.5, 0.6) is 5.75 Å². The lowest BCUT2D eigenvalue weighted by Crippen LogP contribution is -2.58. The molecule has 2 fully saturated rings. The summed E-state index contributed by atoms with van der Waals surface area (Å²) in [4.78, 5) is 27.8. The van der Waals surface area contributed by atoms with Gasteiger partial charge in [-0.25, -0.2) is 4.79 Å². The normalized spacial score (nSPS) is 25.8. The van der Waals surface area contributed by atoms with Crippen molar-refractivity contribution < 1.29 is 28.9 Å². The summed E-state index contributed by atoms with van der Waals surface area (Å²) in [5.74, 6) is 0.622. The Morgan fingerprint density at radius 3 is 2.62 bits per heavy atom. The van der Waals surface area contributed by atoms with Crippen LogP contribution in [0.3, 0.4) is 0 Å². The molecule has 3 N–H and O–H groups in total. The minimum Gasteiger partial charge on any atom is -0.497 e. The molecule has 2 heterocycles. The number of hydrogen-bond acceptors (Lipinski definition) is 6. The number of aliphatic hydroxyl groups is 1. The molecule has 3 aliphatic rings. The second-order valence-electron chi connectivity index (χ2n) is 10.1. The number of fused-ring (bicyclic) bond motifs is 2. The Morgan fingerprint density at radius 2 is 1.86 bits per heavy atom. The van der Waals surface area contributed by atoms with E-state index < -0.39 is 6.10 Å². The van der Waals surface area contributed by atoms with E-state index in [1.807, 2.05) is 12.1 Å². The number of amides is 3. The van der Waals surface area contributed by atoms with Crippen molar-refractivity contribution in [3.05, 3.63) is 59.7 Å². The minimum atomic E-state index is -0.795. The van der Waals surface area contributed by atoms with E-state index >= 15 is 0 Å². The van der Waals surface area contributed by atoms with Gasteiger partial charge >= 0.3 is 6.03 Å². The van der Waals surface area contributed by atoms with E-state index in [9.17, 15) is 14.7 Å². The van der Waals surface area contributed by atoms with Gasteiger partial charge in [0, 0.05) is 17.8 Å². The molecule has 2 aliphatic heterocycles. The lowest BCUT2D eigenvalue weighted by Gasteiger charge is -2.44. The van der Waals surface area contributed by atoms with E-state index in [1.54, 1.807) is 36.3 Å². The lowest BCUT2D eigenvalue weighted by molar-refractivity contribution is -0.150. The molecular weight excluding hydrogens is 474 g/mol. The highest BCUT2D eigenvalue weighted by Gasteiger charge is 2.40. The highest BCUT2D eigenvalue weighted by atomic mass is 16.5. The number of nitrogens with one attached hydrogen (secondary N) is 2. The number of carbonyl (C=O) groups is 2. The summed E-state index contributed by atoms with van der Waals surface area (Å²) in [6, 6.07) is 15.0. The predicted octanol–water partition coefficient (Wildman–Crippen LogP) is 2.51. The number of methoxy groups -OCH3 is 1. The summed E-state index contributed by atoms with van der Waals surface area (Å²) in [6.07, 6.45) is 1.84. The van der Waals surface area contributed by atoms with Gasteiger partial charge in [-0.05, 0) is 48.9 Å². The number of aliphatic hydroxyl groups excluding tert-OH is 1. The van der Waals surface area contributed by atoms with Crippen LogP contribution in [-0.2, 0) is 27.1 Å². The monoisotopic (exact) mass is 509 g/mol. The smallest absolute Gasteiger partial charge is 0.322 e. The lowest BCUT2D eigenvalue weighted by atomic mass is 9.95. The fraction of sp³-hybridized carbons (Fsp3) is 0.500. The number of ether oxygens (including phenoxy) is 3. The van der Waals surface area contributed by atoms with Gasteiger partial charge in [-0.2, -0.15) is 0 Å². The van der Waals surface area contributed by atoms with Gasteiger partial charge in [0.15, 0.2) is 0 Å². The number of nitrogens with zero attached hydrogens (tertiary/aromatic N) is 1. The molecule has 2 aromatic rings. The Kier molecular flexibility index (Phi) is 7.93. The van der Waals surface area contributed by atoms with E-state index in [2.05, 4.69) is 22.8 Å². The summed E-state index contributed by atoms with van der Waals surface area (Å²) in [5, 5.41) is 16.5. The first-order valence-corrected chi connectivity index (χ1v) is 13.0. The van der Waals surface area contributed by atoms with Crippen molar-refractivity contribution in [1.82, 2.24) is 10.2 Å². The highest BCUT2D eigenvalue weighted by molar-refractivity contribution is 5.90. The third kappa shape index (κ3) is 6.23. The summed E-state index contributed by atoms with van der Waals surface area (Å²) in [6.45, 7) is 0.497. The molecule has 2 aromatic carbocycles. The van der Waals surface area contributed by atoms with E-state index in [0.29, 0.717) is 24.3 Å². The molecule has 0 aromatic heterocycles. The number of anilines is 1. The van der Waals surface area contributed by atoms with Crippen LogP contribution in [0, 0.1) is 0 Å².